The Morgan fingerprint density at radius 3 is 1.53 bits per heavy atom. The molecule has 0 unspecified atom stereocenters. The first kappa shape index (κ1) is 34.4. The minimum absolute atomic E-state index is 0.0830. The van der Waals surface area contributed by atoms with Crippen molar-refractivity contribution in [2.45, 2.75) is 19.3 Å². The van der Waals surface area contributed by atoms with E-state index in [1.54, 1.807) is 0 Å². The van der Waals surface area contributed by atoms with Gasteiger partial charge >= 0.3 is 0 Å². The van der Waals surface area contributed by atoms with E-state index in [0.29, 0.717) is 0 Å². The number of nitrogens with zero attached hydrogens (tertiary/aromatic N) is 3. The third kappa shape index (κ3) is 5.15. The molecule has 0 fully saturated rings. The lowest BCUT2D eigenvalue weighted by atomic mass is 9.82. The van der Waals surface area contributed by atoms with Crippen molar-refractivity contribution in [3.8, 4) is 33.6 Å². The van der Waals surface area contributed by atoms with Gasteiger partial charge in [-0.3, -0.25) is 0 Å². The summed E-state index contributed by atoms with van der Waals surface area (Å²) >= 11 is 0. The Morgan fingerprint density at radius 2 is 0.833 bits per heavy atom. The van der Waals surface area contributed by atoms with E-state index in [-0.39, 0.29) is 5.41 Å². The molecule has 0 radical (unpaired) electrons. The smallest absolute Gasteiger partial charge is 0.0548 e. The minimum atomic E-state index is -0.0830. The third-order valence-corrected chi connectivity index (χ3v) is 12.9. The van der Waals surface area contributed by atoms with E-state index in [0.717, 1.165) is 28.4 Å². The highest BCUT2D eigenvalue weighted by atomic mass is 15.1. The summed E-state index contributed by atoms with van der Waals surface area (Å²) < 4.78 is 4.84. The first-order valence-electron chi connectivity index (χ1n) is 20.9. The molecule has 0 spiro atoms. The van der Waals surface area contributed by atoms with Crippen LogP contribution in [-0.4, -0.2) is 9.13 Å². The van der Waals surface area contributed by atoms with Gasteiger partial charge in [-0.2, -0.15) is 0 Å². The molecule has 0 aliphatic heterocycles. The van der Waals surface area contributed by atoms with Crippen molar-refractivity contribution in [2.24, 2.45) is 0 Å². The number of hydrogen-bond acceptors (Lipinski definition) is 1. The van der Waals surface area contributed by atoms with Crippen LogP contribution in [0.5, 0.6) is 0 Å². The summed E-state index contributed by atoms with van der Waals surface area (Å²) in [4.78, 5) is 2.39. The molecule has 2 aromatic heterocycles. The maximum absolute atomic E-state index is 2.43. The SMILES string of the molecule is CC1(C)c2ccccc2-c2ccc(N(c3ccccc3)c3ccc(-c4ccc5c(c4)c4cc6c(cc4n5-c4ccccc4)c4ccccc4n6-c4ccccc4)cc3)cc21. The molecule has 0 saturated carbocycles. The molecule has 1 aliphatic carbocycles. The van der Waals surface area contributed by atoms with Gasteiger partial charge in [0.2, 0.25) is 0 Å². The van der Waals surface area contributed by atoms with E-state index >= 15 is 0 Å². The molecule has 1 aliphatic rings. The van der Waals surface area contributed by atoms with E-state index in [2.05, 4.69) is 240 Å². The molecule has 2 heterocycles. The first-order chi connectivity index (χ1) is 29.5. The predicted octanol–water partition coefficient (Wildman–Crippen LogP) is 15.3. The van der Waals surface area contributed by atoms with Gasteiger partial charge in [0.25, 0.3) is 0 Å². The second-order valence-electron chi connectivity index (χ2n) is 16.6. The van der Waals surface area contributed by atoms with Gasteiger partial charge in [-0.15, -0.1) is 0 Å². The second-order valence-corrected chi connectivity index (χ2v) is 16.6. The molecule has 0 saturated heterocycles. The second kappa shape index (κ2) is 13.2. The Morgan fingerprint density at radius 1 is 0.333 bits per heavy atom. The summed E-state index contributed by atoms with van der Waals surface area (Å²) in [6, 6.07) is 77.8. The molecule has 3 heteroatoms. The van der Waals surface area contributed by atoms with Gasteiger partial charge in [0.1, 0.15) is 0 Å². The molecule has 0 amide bonds. The van der Waals surface area contributed by atoms with Crippen molar-refractivity contribution in [3.63, 3.8) is 0 Å². The van der Waals surface area contributed by atoms with E-state index in [1.165, 1.54) is 77.0 Å². The van der Waals surface area contributed by atoms with Crippen molar-refractivity contribution in [3.05, 3.63) is 223 Å². The van der Waals surface area contributed by atoms with Gasteiger partial charge in [0.15, 0.2) is 0 Å². The maximum atomic E-state index is 2.43. The third-order valence-electron chi connectivity index (χ3n) is 12.9. The van der Waals surface area contributed by atoms with Crippen molar-refractivity contribution in [1.29, 1.82) is 0 Å². The highest BCUT2D eigenvalue weighted by Crippen LogP contribution is 2.51. The molecule has 284 valence electrons. The van der Waals surface area contributed by atoms with Gasteiger partial charge in [-0.05, 0) is 124 Å². The number of hydrogen-bond donors (Lipinski definition) is 0. The van der Waals surface area contributed by atoms with Gasteiger partial charge in [-0.1, -0.05) is 135 Å². The fourth-order valence-corrected chi connectivity index (χ4v) is 10.0. The molecule has 60 heavy (non-hydrogen) atoms. The minimum Gasteiger partial charge on any atom is -0.310 e. The molecule has 11 aromatic rings. The van der Waals surface area contributed by atoms with Crippen molar-refractivity contribution in [1.82, 2.24) is 9.13 Å². The Labute approximate surface area is 349 Å². The lowest BCUT2D eigenvalue weighted by Gasteiger charge is -2.28. The van der Waals surface area contributed by atoms with Crippen LogP contribution in [0, 0.1) is 0 Å². The van der Waals surface area contributed by atoms with E-state index in [1.807, 2.05) is 0 Å². The zero-order chi connectivity index (χ0) is 40.0. The monoisotopic (exact) mass is 767 g/mol. The fourth-order valence-electron chi connectivity index (χ4n) is 10.0. The normalized spacial score (nSPS) is 13.0. The number of fused-ring (bicyclic) bond motifs is 9. The number of anilines is 3. The quantitative estimate of drug-likeness (QED) is 0.164. The molecule has 0 bridgehead atoms. The summed E-state index contributed by atoms with van der Waals surface area (Å²) in [5.41, 5.74) is 18.2. The molecule has 0 atom stereocenters. The van der Waals surface area contributed by atoms with Gasteiger partial charge < -0.3 is 14.0 Å². The van der Waals surface area contributed by atoms with Crippen LogP contribution in [0.2, 0.25) is 0 Å². The summed E-state index contributed by atoms with van der Waals surface area (Å²) in [7, 11) is 0. The van der Waals surface area contributed by atoms with Crippen LogP contribution in [0.25, 0.3) is 77.2 Å². The molecule has 12 rings (SSSR count). The Kier molecular flexibility index (Phi) is 7.58. The summed E-state index contributed by atoms with van der Waals surface area (Å²) in [6.45, 7) is 4.70. The lowest BCUT2D eigenvalue weighted by molar-refractivity contribution is 0.660. The number of benzene rings is 9. The standard InChI is InChI=1S/C57H41N3/c1-57(2)51-24-14-12-22-45(51)46-32-31-44(35-52(46)57)58(40-16-6-3-7-17-40)43-29-26-38(27-30-43)39-28-33-54-48(34-39)50-37-55-49(36-56(50)60(54)42-20-10-5-11-21-42)47-23-13-15-25-53(47)59(55)41-18-8-4-9-19-41/h3-37H,1-2H3. The summed E-state index contributed by atoms with van der Waals surface area (Å²) in [6.07, 6.45) is 0. The largest absolute Gasteiger partial charge is 0.310 e. The van der Waals surface area contributed by atoms with E-state index in [4.69, 9.17) is 0 Å². The Bertz CT molecular complexity index is 3430. The molecule has 0 N–H and O–H groups in total. The highest BCUT2D eigenvalue weighted by molar-refractivity contribution is 6.19. The number of para-hydroxylation sites is 4. The lowest BCUT2D eigenvalue weighted by Crippen LogP contribution is -2.16. The Balaban J connectivity index is 1.01. The van der Waals surface area contributed by atoms with Gasteiger partial charge in [-0.25, -0.2) is 0 Å². The van der Waals surface area contributed by atoms with Crippen molar-refractivity contribution < 1.29 is 0 Å². The van der Waals surface area contributed by atoms with Crippen molar-refractivity contribution >= 4 is 60.7 Å². The molecular formula is C57H41N3. The van der Waals surface area contributed by atoms with Crippen LogP contribution in [-0.2, 0) is 5.41 Å². The predicted molar refractivity (Wildman–Crippen MR) is 253 cm³/mol. The van der Waals surface area contributed by atoms with Crippen LogP contribution < -0.4 is 4.90 Å². The molecule has 9 aromatic carbocycles. The highest BCUT2D eigenvalue weighted by Gasteiger charge is 2.35. The van der Waals surface area contributed by atoms with Gasteiger partial charge in [0, 0.05) is 55.4 Å². The molecule has 3 nitrogen and oxygen atoms in total. The molecular weight excluding hydrogens is 727 g/mol. The van der Waals surface area contributed by atoms with E-state index < -0.39 is 0 Å². The summed E-state index contributed by atoms with van der Waals surface area (Å²) in [5, 5.41) is 4.96. The topological polar surface area (TPSA) is 13.1 Å². The van der Waals surface area contributed by atoms with Crippen LogP contribution in [0.4, 0.5) is 17.1 Å². The summed E-state index contributed by atoms with van der Waals surface area (Å²) in [5.74, 6) is 0. The van der Waals surface area contributed by atoms with Crippen LogP contribution in [0.15, 0.2) is 212 Å². The van der Waals surface area contributed by atoms with Crippen LogP contribution in [0.1, 0.15) is 25.0 Å². The van der Waals surface area contributed by atoms with Crippen molar-refractivity contribution in [2.75, 3.05) is 4.90 Å². The first-order valence-corrected chi connectivity index (χ1v) is 20.9. The Hall–Kier alpha value is -7.62. The average molecular weight is 768 g/mol. The van der Waals surface area contributed by atoms with E-state index in [9.17, 15) is 0 Å². The van der Waals surface area contributed by atoms with Crippen LogP contribution >= 0.6 is 0 Å². The zero-order valence-corrected chi connectivity index (χ0v) is 33.5. The number of rotatable bonds is 6. The van der Waals surface area contributed by atoms with Gasteiger partial charge in [0.05, 0.1) is 22.1 Å². The van der Waals surface area contributed by atoms with Crippen LogP contribution in [0.3, 0.4) is 0 Å². The fraction of sp³-hybridized carbons (Fsp3) is 0.0526. The average Bonchev–Trinajstić information content (AvgIpc) is 3.89. The maximum Gasteiger partial charge on any atom is 0.0548 e. The number of aromatic nitrogens is 2. The zero-order valence-electron chi connectivity index (χ0n) is 33.5.